The summed E-state index contributed by atoms with van der Waals surface area (Å²) in [5.41, 5.74) is 1.93. The second kappa shape index (κ2) is 13.7. The molecule has 1 aliphatic rings. The van der Waals surface area contributed by atoms with Crippen LogP contribution in [0.3, 0.4) is 0 Å². The number of fused-ring (bicyclic) bond motifs is 1. The van der Waals surface area contributed by atoms with E-state index in [1.807, 2.05) is 0 Å². The van der Waals surface area contributed by atoms with Crippen LogP contribution in [0.2, 0.25) is 0 Å². The molecule has 0 fully saturated rings. The summed E-state index contributed by atoms with van der Waals surface area (Å²) in [6.45, 7) is 5.11. The lowest BCUT2D eigenvalue weighted by molar-refractivity contribution is -0.385. The van der Waals surface area contributed by atoms with Gasteiger partial charge in [-0.3, -0.25) is 29.6 Å². The molecule has 0 N–H and O–H groups in total. The molecule has 15 heteroatoms. The lowest BCUT2D eigenvalue weighted by atomic mass is 9.94. The predicted molar refractivity (Wildman–Crippen MR) is 176 cm³/mol. The van der Waals surface area contributed by atoms with E-state index in [0.717, 1.165) is 11.3 Å². The average molecular weight is 724 g/mol. The van der Waals surface area contributed by atoms with Crippen LogP contribution in [0.5, 0.6) is 11.5 Å². The van der Waals surface area contributed by atoms with Crippen molar-refractivity contribution < 1.29 is 28.9 Å². The van der Waals surface area contributed by atoms with Crippen molar-refractivity contribution in [3.8, 4) is 11.5 Å². The van der Waals surface area contributed by atoms with Crippen molar-refractivity contribution in [1.29, 1.82) is 0 Å². The van der Waals surface area contributed by atoms with Gasteiger partial charge in [0, 0.05) is 23.8 Å². The maximum Gasteiger partial charge on any atom is 0.338 e. The van der Waals surface area contributed by atoms with Crippen LogP contribution in [0.4, 0.5) is 11.4 Å². The van der Waals surface area contributed by atoms with Crippen LogP contribution >= 0.6 is 27.3 Å². The molecule has 0 bridgehead atoms. The monoisotopic (exact) mass is 722 g/mol. The Morgan fingerprint density at radius 3 is 2.45 bits per heavy atom. The first-order valence-corrected chi connectivity index (χ1v) is 15.7. The first kappa shape index (κ1) is 33.2. The van der Waals surface area contributed by atoms with E-state index in [1.54, 1.807) is 63.2 Å². The topological polar surface area (TPSA) is 165 Å². The summed E-state index contributed by atoms with van der Waals surface area (Å²) < 4.78 is 19.0. The van der Waals surface area contributed by atoms with E-state index in [1.165, 1.54) is 29.9 Å². The largest absolute Gasteiger partial charge is 0.493 e. The number of aromatic nitrogens is 1. The van der Waals surface area contributed by atoms with Gasteiger partial charge < -0.3 is 14.2 Å². The summed E-state index contributed by atoms with van der Waals surface area (Å²) >= 11 is 4.62. The molecule has 1 aliphatic heterocycles. The summed E-state index contributed by atoms with van der Waals surface area (Å²) in [5, 5.41) is 22.7. The Bertz CT molecular complexity index is 2140. The first-order valence-electron chi connectivity index (χ1n) is 14.1. The van der Waals surface area contributed by atoms with Crippen molar-refractivity contribution in [2.24, 2.45) is 4.99 Å². The Balaban J connectivity index is 1.57. The van der Waals surface area contributed by atoms with E-state index in [2.05, 4.69) is 20.9 Å². The standard InChI is InChI=1S/C32H27BrN4O9S/c1-5-45-31(39)27-18(3)34-32-35(28(27)21-9-6-17(2)24(15-21)37(42)43)30(38)26(47-32)14-20-12-23(33)29(25(13-20)44-4)46-16-19-7-10-22(11-8-19)36(40)41/h6-15,28H,5,16H2,1-4H3/b26-14+/t28-/m0/s1. The molecular formula is C32H27BrN4O9S. The summed E-state index contributed by atoms with van der Waals surface area (Å²) in [5.74, 6) is 0.0833. The van der Waals surface area contributed by atoms with Gasteiger partial charge in [0.25, 0.3) is 16.9 Å². The number of rotatable bonds is 10. The molecule has 0 amide bonds. The van der Waals surface area contributed by atoms with Gasteiger partial charge in [-0.1, -0.05) is 23.5 Å². The van der Waals surface area contributed by atoms with E-state index in [-0.39, 0.29) is 30.2 Å². The molecule has 0 saturated heterocycles. The molecule has 0 saturated carbocycles. The third kappa shape index (κ3) is 6.71. The lowest BCUT2D eigenvalue weighted by Crippen LogP contribution is -2.40. The Morgan fingerprint density at radius 1 is 1.09 bits per heavy atom. The van der Waals surface area contributed by atoms with E-state index < -0.39 is 27.4 Å². The molecule has 1 atom stereocenters. The number of ether oxygens (including phenoxy) is 3. The van der Waals surface area contributed by atoms with Gasteiger partial charge in [0.05, 0.1) is 49.9 Å². The van der Waals surface area contributed by atoms with E-state index in [0.29, 0.717) is 53.3 Å². The number of methoxy groups -OCH3 is 1. The van der Waals surface area contributed by atoms with Crippen LogP contribution in [0, 0.1) is 27.2 Å². The van der Waals surface area contributed by atoms with Crippen molar-refractivity contribution >= 4 is 50.7 Å². The summed E-state index contributed by atoms with van der Waals surface area (Å²) in [6, 6.07) is 13.0. The number of thiazole rings is 1. The van der Waals surface area contributed by atoms with Gasteiger partial charge in [0.1, 0.15) is 6.61 Å². The van der Waals surface area contributed by atoms with Gasteiger partial charge >= 0.3 is 5.97 Å². The van der Waals surface area contributed by atoms with Crippen molar-refractivity contribution in [1.82, 2.24) is 4.57 Å². The molecule has 0 unspecified atom stereocenters. The van der Waals surface area contributed by atoms with E-state index in [9.17, 15) is 29.8 Å². The fraction of sp³-hybridized carbons (Fsp3) is 0.219. The maximum atomic E-state index is 14.0. The minimum Gasteiger partial charge on any atom is -0.493 e. The highest BCUT2D eigenvalue weighted by atomic mass is 79.9. The van der Waals surface area contributed by atoms with Crippen LogP contribution in [-0.4, -0.2) is 34.1 Å². The molecule has 5 rings (SSSR count). The van der Waals surface area contributed by atoms with Gasteiger partial charge in [-0.05, 0) is 83.7 Å². The maximum absolute atomic E-state index is 14.0. The Kier molecular flexibility index (Phi) is 9.67. The molecule has 13 nitrogen and oxygen atoms in total. The number of carbonyl (C=O) groups excluding carboxylic acids is 1. The second-order valence-electron chi connectivity index (χ2n) is 10.4. The molecule has 3 aromatic carbocycles. The number of nitro benzene ring substituents is 2. The number of carbonyl (C=O) groups is 1. The third-order valence-corrected chi connectivity index (χ3v) is 8.91. The average Bonchev–Trinajstić information content (AvgIpc) is 3.33. The van der Waals surface area contributed by atoms with Gasteiger partial charge in [-0.2, -0.15) is 0 Å². The van der Waals surface area contributed by atoms with Gasteiger partial charge in [-0.15, -0.1) is 0 Å². The number of non-ortho nitro benzene ring substituents is 1. The van der Waals surface area contributed by atoms with E-state index >= 15 is 0 Å². The molecule has 1 aromatic heterocycles. The van der Waals surface area contributed by atoms with Gasteiger partial charge in [0.2, 0.25) is 0 Å². The van der Waals surface area contributed by atoms with Crippen molar-refractivity contribution in [2.75, 3.05) is 13.7 Å². The number of allylic oxidation sites excluding steroid dienone is 1. The first-order chi connectivity index (χ1) is 22.4. The van der Waals surface area contributed by atoms with Crippen molar-refractivity contribution in [2.45, 2.75) is 33.4 Å². The van der Waals surface area contributed by atoms with Crippen LogP contribution < -0.4 is 24.4 Å². The quantitative estimate of drug-likeness (QED) is 0.120. The Morgan fingerprint density at radius 2 is 1.81 bits per heavy atom. The Hall–Kier alpha value is -5.15. The zero-order chi connectivity index (χ0) is 34.0. The zero-order valence-corrected chi connectivity index (χ0v) is 27.9. The molecule has 2 heterocycles. The summed E-state index contributed by atoms with van der Waals surface area (Å²) in [4.78, 5) is 53.8. The molecule has 4 aromatic rings. The van der Waals surface area contributed by atoms with Crippen molar-refractivity contribution in [3.05, 3.63) is 133 Å². The minimum atomic E-state index is -1.01. The molecule has 242 valence electrons. The fourth-order valence-corrected chi connectivity index (χ4v) is 6.70. The highest BCUT2D eigenvalue weighted by molar-refractivity contribution is 9.10. The number of hydrogen-bond donors (Lipinski definition) is 0. The molecular weight excluding hydrogens is 696 g/mol. The summed E-state index contributed by atoms with van der Waals surface area (Å²) in [6.07, 6.45) is 1.65. The van der Waals surface area contributed by atoms with E-state index in [4.69, 9.17) is 14.2 Å². The minimum absolute atomic E-state index is 0.0269. The van der Waals surface area contributed by atoms with Crippen LogP contribution in [-0.2, 0) is 16.1 Å². The van der Waals surface area contributed by atoms with Crippen LogP contribution in [0.15, 0.2) is 80.1 Å². The highest BCUT2D eigenvalue weighted by Crippen LogP contribution is 2.38. The number of hydrogen-bond acceptors (Lipinski definition) is 11. The van der Waals surface area contributed by atoms with Crippen LogP contribution in [0.25, 0.3) is 6.08 Å². The number of aryl methyl sites for hydroxylation is 1. The molecule has 0 spiro atoms. The number of benzene rings is 3. The molecule has 0 radical (unpaired) electrons. The third-order valence-electron chi connectivity index (χ3n) is 7.34. The normalized spacial score (nSPS) is 14.3. The zero-order valence-electron chi connectivity index (χ0n) is 25.5. The molecule has 0 aliphatic carbocycles. The second-order valence-corrected chi connectivity index (χ2v) is 12.2. The fourth-order valence-electron chi connectivity index (χ4n) is 5.08. The Labute approximate surface area is 279 Å². The predicted octanol–water partition coefficient (Wildman–Crippen LogP) is 5.27. The lowest BCUT2D eigenvalue weighted by Gasteiger charge is -2.24. The smallest absolute Gasteiger partial charge is 0.338 e. The highest BCUT2D eigenvalue weighted by Gasteiger charge is 2.34. The van der Waals surface area contributed by atoms with Gasteiger partial charge in [0.15, 0.2) is 16.3 Å². The number of nitro groups is 2. The number of nitrogens with zero attached hydrogens (tertiary/aromatic N) is 4. The SMILES string of the molecule is CCOC(=O)C1=C(C)N=c2s/c(=C/c3cc(Br)c(OCc4ccc([N+](=O)[O-])cc4)c(OC)c3)c(=O)n2[C@H]1c1ccc(C)c([N+](=O)[O-])c1. The van der Waals surface area contributed by atoms with Crippen LogP contribution in [0.1, 0.15) is 42.1 Å². The number of halogens is 1. The van der Waals surface area contributed by atoms with Crippen molar-refractivity contribution in [3.63, 3.8) is 0 Å². The van der Waals surface area contributed by atoms with Gasteiger partial charge in [-0.25, -0.2) is 9.79 Å². The number of esters is 1. The summed E-state index contributed by atoms with van der Waals surface area (Å²) in [7, 11) is 1.47. The molecule has 47 heavy (non-hydrogen) atoms.